The van der Waals surface area contributed by atoms with Gasteiger partial charge in [0.25, 0.3) is 0 Å². The van der Waals surface area contributed by atoms with Gasteiger partial charge in [0.1, 0.15) is 11.6 Å². The summed E-state index contributed by atoms with van der Waals surface area (Å²) < 4.78 is 6.13. The molecule has 2 aromatic rings. The predicted molar refractivity (Wildman–Crippen MR) is 90.8 cm³/mol. The Labute approximate surface area is 142 Å². The van der Waals surface area contributed by atoms with Gasteiger partial charge in [-0.1, -0.05) is 19.3 Å². The average Bonchev–Trinajstić information content (AvgIpc) is 2.94. The minimum atomic E-state index is -1.01. The topological polar surface area (TPSA) is 87.2 Å². The molecule has 1 fully saturated rings. The summed E-state index contributed by atoms with van der Waals surface area (Å²) in [5.74, 6) is 1.66. The molecule has 0 radical (unpaired) electrons. The van der Waals surface area contributed by atoms with Crippen LogP contribution in [-0.2, 0) is 0 Å². The summed E-state index contributed by atoms with van der Waals surface area (Å²) in [6.45, 7) is 0. The number of aromatic nitrogens is 2. The Kier molecular flexibility index (Phi) is 4.75. The normalized spacial score (nSPS) is 17.1. The van der Waals surface area contributed by atoms with Crippen molar-refractivity contribution in [3.63, 3.8) is 0 Å². The largest absolute Gasteiger partial charge is 0.495 e. The minimum Gasteiger partial charge on any atom is -0.495 e. The number of benzene rings is 1. The third-order valence-corrected chi connectivity index (χ3v) is 5.09. The molecule has 23 heavy (non-hydrogen) atoms. The third kappa shape index (κ3) is 3.44. The molecule has 7 heteroatoms. The van der Waals surface area contributed by atoms with E-state index < -0.39 is 6.09 Å². The van der Waals surface area contributed by atoms with Crippen molar-refractivity contribution in [1.29, 1.82) is 0 Å². The van der Waals surface area contributed by atoms with Crippen LogP contribution < -0.4 is 10.1 Å². The number of imidazole rings is 1. The van der Waals surface area contributed by atoms with Crippen LogP contribution in [0.15, 0.2) is 16.6 Å². The van der Waals surface area contributed by atoms with Gasteiger partial charge in [-0.15, -0.1) is 0 Å². The maximum Gasteiger partial charge on any atom is 0.405 e. The monoisotopic (exact) mass is 381 g/mol. The zero-order valence-electron chi connectivity index (χ0n) is 12.9. The highest BCUT2D eigenvalue weighted by molar-refractivity contribution is 9.10. The molecule has 0 bridgehead atoms. The van der Waals surface area contributed by atoms with Gasteiger partial charge in [0, 0.05) is 6.07 Å². The van der Waals surface area contributed by atoms with Crippen molar-refractivity contribution in [2.45, 2.75) is 38.1 Å². The van der Waals surface area contributed by atoms with Crippen molar-refractivity contribution in [1.82, 2.24) is 15.3 Å². The molecule has 1 amide bonds. The van der Waals surface area contributed by atoms with E-state index in [4.69, 9.17) is 4.74 Å². The van der Waals surface area contributed by atoms with E-state index in [0.29, 0.717) is 11.6 Å². The number of aromatic amines is 1. The SMILES string of the molecule is COc1cc2nc(C(NC(=O)O)C3CCCCC3)[nH]c2cc1Br. The zero-order valence-corrected chi connectivity index (χ0v) is 14.5. The highest BCUT2D eigenvalue weighted by atomic mass is 79.9. The van der Waals surface area contributed by atoms with Crippen LogP contribution in [0.2, 0.25) is 0 Å². The highest BCUT2D eigenvalue weighted by Gasteiger charge is 2.29. The van der Waals surface area contributed by atoms with Crippen LogP contribution in [0.5, 0.6) is 5.75 Å². The van der Waals surface area contributed by atoms with Gasteiger partial charge in [-0.25, -0.2) is 9.78 Å². The molecular weight excluding hydrogens is 362 g/mol. The van der Waals surface area contributed by atoms with Crippen LogP contribution in [0, 0.1) is 5.92 Å². The number of amides is 1. The Balaban J connectivity index is 1.97. The summed E-state index contributed by atoms with van der Waals surface area (Å²) in [4.78, 5) is 19.1. The van der Waals surface area contributed by atoms with Crippen LogP contribution in [0.3, 0.4) is 0 Å². The smallest absolute Gasteiger partial charge is 0.405 e. The predicted octanol–water partition coefficient (Wildman–Crippen LogP) is 4.22. The molecule has 0 saturated heterocycles. The fraction of sp³-hybridized carbons (Fsp3) is 0.500. The zero-order chi connectivity index (χ0) is 16.4. The summed E-state index contributed by atoms with van der Waals surface area (Å²) in [6, 6.07) is 3.45. The number of halogens is 1. The number of nitrogens with one attached hydrogen (secondary N) is 2. The quantitative estimate of drug-likeness (QED) is 0.739. The Bertz CT molecular complexity index is 710. The van der Waals surface area contributed by atoms with Gasteiger partial charge in [0.2, 0.25) is 0 Å². The number of hydrogen-bond donors (Lipinski definition) is 3. The maximum absolute atomic E-state index is 11.2. The van der Waals surface area contributed by atoms with Gasteiger partial charge in [0.05, 0.1) is 28.7 Å². The number of nitrogens with zero attached hydrogens (tertiary/aromatic N) is 1. The maximum atomic E-state index is 11.2. The van der Waals surface area contributed by atoms with Gasteiger partial charge in [-0.2, -0.15) is 0 Å². The molecule has 0 spiro atoms. The van der Waals surface area contributed by atoms with Crippen LogP contribution in [-0.4, -0.2) is 28.3 Å². The first-order chi connectivity index (χ1) is 11.1. The Morgan fingerprint density at radius 1 is 1.43 bits per heavy atom. The summed E-state index contributed by atoms with van der Waals surface area (Å²) in [5.41, 5.74) is 1.63. The van der Waals surface area contributed by atoms with Crippen LogP contribution >= 0.6 is 15.9 Å². The van der Waals surface area contributed by atoms with Gasteiger partial charge in [-0.05, 0) is 40.8 Å². The van der Waals surface area contributed by atoms with Crippen molar-refractivity contribution in [2.75, 3.05) is 7.11 Å². The van der Waals surface area contributed by atoms with Crippen molar-refractivity contribution < 1.29 is 14.6 Å². The van der Waals surface area contributed by atoms with Gasteiger partial charge in [0.15, 0.2) is 0 Å². The standard InChI is InChI=1S/C16H20BrN3O3/c1-23-13-8-12-11(7-10(13)17)18-15(19-12)14(20-16(21)22)9-5-3-2-4-6-9/h7-9,14,20H,2-6H2,1H3,(H,18,19)(H,21,22). The molecule has 1 saturated carbocycles. The lowest BCUT2D eigenvalue weighted by Crippen LogP contribution is -2.34. The molecule has 3 N–H and O–H groups in total. The van der Waals surface area contributed by atoms with Crippen molar-refractivity contribution in [2.24, 2.45) is 5.92 Å². The fourth-order valence-electron chi connectivity index (χ4n) is 3.34. The van der Waals surface area contributed by atoms with Crippen molar-refractivity contribution >= 4 is 33.1 Å². The second-order valence-corrected chi connectivity index (χ2v) is 6.81. The number of hydrogen-bond acceptors (Lipinski definition) is 3. The molecule has 1 heterocycles. The number of H-pyrrole nitrogens is 1. The molecule has 3 rings (SSSR count). The molecular formula is C16H20BrN3O3. The molecule has 124 valence electrons. The lowest BCUT2D eigenvalue weighted by molar-refractivity contribution is 0.177. The first-order valence-corrected chi connectivity index (χ1v) is 8.60. The molecule has 1 aliphatic rings. The fourth-order valence-corrected chi connectivity index (χ4v) is 3.85. The number of ether oxygens (including phenoxy) is 1. The van der Waals surface area contributed by atoms with Crippen LogP contribution in [0.25, 0.3) is 11.0 Å². The number of methoxy groups -OCH3 is 1. The van der Waals surface area contributed by atoms with E-state index in [2.05, 4.69) is 31.2 Å². The van der Waals surface area contributed by atoms with Crippen molar-refractivity contribution in [3.05, 3.63) is 22.4 Å². The molecule has 1 aromatic carbocycles. The summed E-state index contributed by atoms with van der Waals surface area (Å²) in [5, 5.41) is 11.8. The Hall–Kier alpha value is -1.76. The summed E-state index contributed by atoms with van der Waals surface area (Å²) in [6.07, 6.45) is 4.54. The molecule has 1 unspecified atom stereocenters. The van der Waals surface area contributed by atoms with E-state index >= 15 is 0 Å². The first-order valence-electron chi connectivity index (χ1n) is 7.81. The Morgan fingerprint density at radius 2 is 2.17 bits per heavy atom. The van der Waals surface area contributed by atoms with Gasteiger partial charge >= 0.3 is 6.09 Å². The summed E-state index contributed by atoms with van der Waals surface area (Å²) >= 11 is 3.46. The second kappa shape index (κ2) is 6.78. The second-order valence-electron chi connectivity index (χ2n) is 5.95. The number of carbonyl (C=O) groups is 1. The number of fused-ring (bicyclic) bond motifs is 1. The summed E-state index contributed by atoms with van der Waals surface area (Å²) in [7, 11) is 1.61. The first kappa shape index (κ1) is 16.1. The number of carboxylic acid groups (broad SMARTS) is 1. The van der Waals surface area contributed by atoms with Crippen LogP contribution in [0.4, 0.5) is 4.79 Å². The molecule has 1 aromatic heterocycles. The van der Waals surface area contributed by atoms with E-state index in [-0.39, 0.29) is 12.0 Å². The lowest BCUT2D eigenvalue weighted by Gasteiger charge is -2.28. The minimum absolute atomic E-state index is 0.283. The highest BCUT2D eigenvalue weighted by Crippen LogP contribution is 2.35. The molecule has 6 nitrogen and oxygen atoms in total. The van der Waals surface area contributed by atoms with Crippen LogP contribution in [0.1, 0.15) is 44.0 Å². The van der Waals surface area contributed by atoms with E-state index in [9.17, 15) is 9.90 Å². The average molecular weight is 382 g/mol. The third-order valence-electron chi connectivity index (χ3n) is 4.47. The molecule has 1 aliphatic carbocycles. The number of rotatable bonds is 4. The van der Waals surface area contributed by atoms with Gasteiger partial charge in [-0.3, -0.25) is 0 Å². The van der Waals surface area contributed by atoms with E-state index in [1.165, 1.54) is 6.42 Å². The van der Waals surface area contributed by atoms with Gasteiger partial charge < -0.3 is 20.1 Å². The van der Waals surface area contributed by atoms with E-state index in [1.54, 1.807) is 7.11 Å². The lowest BCUT2D eigenvalue weighted by atomic mass is 9.83. The molecule has 1 atom stereocenters. The van der Waals surface area contributed by atoms with Crippen molar-refractivity contribution in [3.8, 4) is 5.75 Å². The molecule has 0 aliphatic heterocycles. The van der Waals surface area contributed by atoms with E-state index in [0.717, 1.165) is 41.2 Å². The Morgan fingerprint density at radius 3 is 2.83 bits per heavy atom. The van der Waals surface area contributed by atoms with E-state index in [1.807, 2.05) is 12.1 Å².